The lowest BCUT2D eigenvalue weighted by Crippen LogP contribution is -2.54. The van der Waals surface area contributed by atoms with Crippen LogP contribution in [0.15, 0.2) is 46.4 Å². The second-order valence-electron chi connectivity index (χ2n) is 5.85. The summed E-state index contributed by atoms with van der Waals surface area (Å²) < 4.78 is 0.664. The van der Waals surface area contributed by atoms with Gasteiger partial charge >= 0.3 is 11.7 Å². The molecule has 0 aliphatic carbocycles. The van der Waals surface area contributed by atoms with Crippen LogP contribution in [0.2, 0.25) is 0 Å². The van der Waals surface area contributed by atoms with Crippen LogP contribution >= 0.6 is 15.9 Å². The zero-order chi connectivity index (χ0) is 22.2. The minimum absolute atomic E-state index is 0.119. The van der Waals surface area contributed by atoms with Gasteiger partial charge in [-0.25, -0.2) is 9.69 Å². The van der Waals surface area contributed by atoms with Crippen LogP contribution in [0.5, 0.6) is 5.75 Å². The summed E-state index contributed by atoms with van der Waals surface area (Å²) in [7, 11) is 0. The summed E-state index contributed by atoms with van der Waals surface area (Å²) in [5.41, 5.74) is -2.79. The lowest BCUT2D eigenvalue weighted by molar-refractivity contribution is -0.394. The molecule has 2 N–H and O–H groups in total. The molecule has 1 aliphatic heterocycles. The topological polar surface area (TPSA) is 173 Å². The van der Waals surface area contributed by atoms with Gasteiger partial charge in [0.25, 0.3) is 17.5 Å². The van der Waals surface area contributed by atoms with E-state index in [9.17, 15) is 39.7 Å². The summed E-state index contributed by atoms with van der Waals surface area (Å²) in [6.45, 7) is 0. The van der Waals surface area contributed by atoms with Gasteiger partial charge < -0.3 is 5.11 Å². The molecule has 30 heavy (non-hydrogen) atoms. The van der Waals surface area contributed by atoms with Crippen LogP contribution in [0.3, 0.4) is 0 Å². The van der Waals surface area contributed by atoms with Gasteiger partial charge in [-0.15, -0.1) is 0 Å². The van der Waals surface area contributed by atoms with Crippen LogP contribution in [0.4, 0.5) is 21.9 Å². The molecule has 13 heteroatoms. The number of carbonyl (C=O) groups excluding carboxylic acids is 3. The van der Waals surface area contributed by atoms with E-state index in [1.165, 1.54) is 12.1 Å². The third kappa shape index (κ3) is 3.73. The first-order chi connectivity index (χ1) is 14.1. The Balaban J connectivity index is 2.14. The maximum Gasteiger partial charge on any atom is 0.335 e. The van der Waals surface area contributed by atoms with Crippen molar-refractivity contribution in [3.8, 4) is 5.75 Å². The Hall–Kier alpha value is -4.13. The van der Waals surface area contributed by atoms with Crippen molar-refractivity contribution in [2.24, 2.45) is 0 Å². The molecule has 0 atom stereocenters. The smallest absolute Gasteiger partial charge is 0.335 e. The number of phenols is 1. The number of phenolic OH excluding ortho intramolecular Hbond substituents is 1. The molecule has 0 radical (unpaired) electrons. The highest BCUT2D eigenvalue weighted by molar-refractivity contribution is 9.10. The van der Waals surface area contributed by atoms with Crippen molar-refractivity contribution in [2.75, 3.05) is 4.90 Å². The Morgan fingerprint density at radius 1 is 1.03 bits per heavy atom. The number of rotatable bonds is 4. The molecule has 3 rings (SSSR count). The molecule has 0 spiro atoms. The van der Waals surface area contributed by atoms with Gasteiger partial charge in [0, 0.05) is 16.1 Å². The van der Waals surface area contributed by atoms with Gasteiger partial charge in [-0.2, -0.15) is 0 Å². The van der Waals surface area contributed by atoms with E-state index in [2.05, 4.69) is 15.9 Å². The molecule has 12 nitrogen and oxygen atoms in total. The van der Waals surface area contributed by atoms with Crippen molar-refractivity contribution in [1.82, 2.24) is 5.32 Å². The Morgan fingerprint density at radius 2 is 1.67 bits per heavy atom. The number of imide groups is 2. The fourth-order valence-electron chi connectivity index (χ4n) is 2.62. The number of aromatic hydroxyl groups is 1. The summed E-state index contributed by atoms with van der Waals surface area (Å²) in [6.07, 6.45) is 0.741. The fourth-order valence-corrected chi connectivity index (χ4v) is 2.88. The van der Waals surface area contributed by atoms with Gasteiger partial charge in [-0.1, -0.05) is 15.9 Å². The number of benzene rings is 2. The number of non-ortho nitro benzene ring substituents is 1. The number of nitrogens with zero attached hydrogens (tertiary/aromatic N) is 3. The molecule has 4 amide bonds. The summed E-state index contributed by atoms with van der Waals surface area (Å²) in [5, 5.41) is 34.2. The van der Waals surface area contributed by atoms with Crippen molar-refractivity contribution in [1.29, 1.82) is 0 Å². The molecule has 0 unspecified atom stereocenters. The number of carbonyl (C=O) groups is 3. The Kier molecular flexibility index (Phi) is 5.29. The Morgan fingerprint density at radius 3 is 2.23 bits per heavy atom. The molecular formula is C17H9BrN4O8. The lowest BCUT2D eigenvalue weighted by Gasteiger charge is -2.26. The highest BCUT2D eigenvalue weighted by atomic mass is 79.9. The molecule has 0 aromatic heterocycles. The number of urea groups is 1. The van der Waals surface area contributed by atoms with E-state index in [-0.39, 0.29) is 5.69 Å². The maximum atomic E-state index is 12.8. The third-order valence-corrected chi connectivity index (χ3v) is 4.53. The monoisotopic (exact) mass is 476 g/mol. The minimum Gasteiger partial charge on any atom is -0.502 e. The summed E-state index contributed by atoms with van der Waals surface area (Å²) in [5.74, 6) is -3.20. The maximum absolute atomic E-state index is 12.8. The molecule has 2 aromatic carbocycles. The number of amides is 4. The molecule has 0 saturated carbocycles. The molecule has 1 saturated heterocycles. The van der Waals surface area contributed by atoms with Gasteiger partial charge in [0.05, 0.1) is 21.6 Å². The quantitative estimate of drug-likeness (QED) is 0.293. The number of hydrogen-bond acceptors (Lipinski definition) is 8. The van der Waals surface area contributed by atoms with Crippen molar-refractivity contribution in [3.05, 3.63) is 72.2 Å². The number of nitro groups is 2. The van der Waals surface area contributed by atoms with E-state index in [1.54, 1.807) is 12.1 Å². The van der Waals surface area contributed by atoms with E-state index < -0.39 is 56.0 Å². The Labute approximate surface area is 174 Å². The predicted octanol–water partition coefficient (Wildman–Crippen LogP) is 2.64. The number of halogens is 1. The van der Waals surface area contributed by atoms with Gasteiger partial charge in [-0.3, -0.25) is 35.1 Å². The number of nitro benzene ring substituents is 2. The van der Waals surface area contributed by atoms with Crippen molar-refractivity contribution in [3.63, 3.8) is 0 Å². The number of anilines is 1. The molecule has 2 aromatic rings. The van der Waals surface area contributed by atoms with Crippen LogP contribution in [-0.4, -0.2) is 32.8 Å². The standard InChI is InChI=1S/C17H9BrN4O8/c18-9-1-3-10(4-2-9)20-16(25)12(15(24)19-17(20)26)6-8-5-11(21(27)28)7-13(14(8)23)22(29)30/h1-7,23H,(H,19,24,26)/b12-6+. The highest BCUT2D eigenvalue weighted by Crippen LogP contribution is 2.36. The van der Waals surface area contributed by atoms with Crippen LogP contribution in [0.25, 0.3) is 6.08 Å². The van der Waals surface area contributed by atoms with Crippen molar-refractivity contribution in [2.45, 2.75) is 0 Å². The van der Waals surface area contributed by atoms with Gasteiger partial charge in [0.15, 0.2) is 0 Å². The fraction of sp³-hybridized carbons (Fsp3) is 0. The van der Waals surface area contributed by atoms with E-state index in [1.807, 2.05) is 5.32 Å². The highest BCUT2D eigenvalue weighted by Gasteiger charge is 2.37. The van der Waals surface area contributed by atoms with E-state index in [0.29, 0.717) is 15.4 Å². The minimum atomic E-state index is -1.13. The van der Waals surface area contributed by atoms with Crippen LogP contribution in [0, 0.1) is 20.2 Å². The van der Waals surface area contributed by atoms with Gasteiger partial charge in [0.1, 0.15) is 5.57 Å². The molecule has 1 fully saturated rings. The number of hydrogen-bond donors (Lipinski definition) is 2. The SMILES string of the molecule is O=C1NC(=O)N(c2ccc(Br)cc2)C(=O)/C1=C/c1cc([N+](=O)[O-])cc([N+](=O)[O-])c1O. The van der Waals surface area contributed by atoms with Crippen LogP contribution < -0.4 is 10.2 Å². The molecular weight excluding hydrogens is 468 g/mol. The van der Waals surface area contributed by atoms with E-state index in [4.69, 9.17) is 0 Å². The van der Waals surface area contributed by atoms with Crippen molar-refractivity contribution < 1.29 is 29.3 Å². The van der Waals surface area contributed by atoms with Crippen LogP contribution in [0.1, 0.15) is 5.56 Å². The summed E-state index contributed by atoms with van der Waals surface area (Å²) in [6, 6.07) is 6.21. The first kappa shape index (κ1) is 20.6. The second-order valence-corrected chi connectivity index (χ2v) is 6.77. The average molecular weight is 477 g/mol. The van der Waals surface area contributed by atoms with E-state index in [0.717, 1.165) is 12.1 Å². The molecule has 152 valence electrons. The first-order valence-corrected chi connectivity index (χ1v) is 8.72. The summed E-state index contributed by atoms with van der Waals surface area (Å²) >= 11 is 3.20. The molecule has 0 bridgehead atoms. The molecule has 1 aliphatic rings. The third-order valence-electron chi connectivity index (χ3n) is 4.00. The van der Waals surface area contributed by atoms with Gasteiger partial charge in [-0.05, 0) is 30.3 Å². The number of nitrogens with one attached hydrogen (secondary N) is 1. The van der Waals surface area contributed by atoms with Crippen LogP contribution in [-0.2, 0) is 9.59 Å². The molecule has 1 heterocycles. The largest absolute Gasteiger partial charge is 0.502 e. The summed E-state index contributed by atoms with van der Waals surface area (Å²) in [4.78, 5) is 57.9. The lowest BCUT2D eigenvalue weighted by atomic mass is 10.0. The number of barbiturate groups is 1. The predicted molar refractivity (Wildman–Crippen MR) is 105 cm³/mol. The zero-order valence-corrected chi connectivity index (χ0v) is 16.2. The Bertz CT molecular complexity index is 1160. The first-order valence-electron chi connectivity index (χ1n) is 7.93. The van der Waals surface area contributed by atoms with Gasteiger partial charge in [0.2, 0.25) is 5.75 Å². The van der Waals surface area contributed by atoms with Crippen molar-refractivity contribution >= 4 is 56.9 Å². The normalized spacial score (nSPS) is 15.3. The van der Waals surface area contributed by atoms with E-state index >= 15 is 0 Å². The average Bonchev–Trinajstić information content (AvgIpc) is 2.67. The zero-order valence-electron chi connectivity index (χ0n) is 14.6. The second kappa shape index (κ2) is 7.71.